The van der Waals surface area contributed by atoms with Crippen LogP contribution in [0.2, 0.25) is 0 Å². The van der Waals surface area contributed by atoms with Crippen LogP contribution in [0.3, 0.4) is 0 Å². The third-order valence-electron chi connectivity index (χ3n) is 4.49. The molecule has 130 valence electrons. The molecule has 2 atom stereocenters. The molecule has 0 unspecified atom stereocenters. The number of urea groups is 1. The molecule has 1 aliphatic rings. The zero-order chi connectivity index (χ0) is 16.8. The highest BCUT2D eigenvalue weighted by molar-refractivity contribution is 5.73. The summed E-state index contributed by atoms with van der Waals surface area (Å²) in [5.74, 6) is 1.61. The predicted molar refractivity (Wildman–Crippen MR) is 89.9 cm³/mol. The van der Waals surface area contributed by atoms with Gasteiger partial charge in [-0.1, -0.05) is 26.7 Å². The molecule has 0 aromatic carbocycles. The molecule has 1 aromatic rings. The van der Waals surface area contributed by atoms with Crippen molar-refractivity contribution >= 4 is 6.03 Å². The summed E-state index contributed by atoms with van der Waals surface area (Å²) in [6.07, 6.45) is 7.53. The van der Waals surface area contributed by atoms with E-state index in [0.717, 1.165) is 38.1 Å². The van der Waals surface area contributed by atoms with Gasteiger partial charge >= 0.3 is 6.03 Å². The molecule has 1 fully saturated rings. The fourth-order valence-corrected chi connectivity index (χ4v) is 3.19. The Hall–Kier alpha value is -1.56. The Balaban J connectivity index is 1.81. The van der Waals surface area contributed by atoms with Crippen LogP contribution in [0.25, 0.3) is 0 Å². The molecule has 1 heterocycles. The van der Waals surface area contributed by atoms with Crippen molar-refractivity contribution in [2.45, 2.75) is 58.7 Å². The first-order valence-corrected chi connectivity index (χ1v) is 8.64. The maximum atomic E-state index is 12.2. The van der Waals surface area contributed by atoms with E-state index in [1.165, 1.54) is 0 Å². The van der Waals surface area contributed by atoms with Gasteiger partial charge in [-0.05, 0) is 18.8 Å². The van der Waals surface area contributed by atoms with Crippen molar-refractivity contribution < 1.29 is 9.90 Å². The maximum absolute atomic E-state index is 12.2. The summed E-state index contributed by atoms with van der Waals surface area (Å²) in [4.78, 5) is 18.2. The molecule has 2 rings (SSSR count). The lowest BCUT2D eigenvalue weighted by Crippen LogP contribution is -2.43. The molecule has 2 N–H and O–H groups in total. The average molecular weight is 322 g/mol. The topological polar surface area (TPSA) is 70.4 Å². The van der Waals surface area contributed by atoms with E-state index in [1.807, 2.05) is 6.20 Å². The van der Waals surface area contributed by atoms with Crippen LogP contribution in [0.1, 0.15) is 45.4 Å². The smallest absolute Gasteiger partial charge is 0.317 e. The van der Waals surface area contributed by atoms with Crippen molar-refractivity contribution in [1.82, 2.24) is 19.8 Å². The minimum Gasteiger partial charge on any atom is -0.393 e. The van der Waals surface area contributed by atoms with Crippen molar-refractivity contribution in [2.75, 3.05) is 13.6 Å². The molecule has 0 aliphatic heterocycles. The maximum Gasteiger partial charge on any atom is 0.317 e. The fraction of sp³-hybridized carbons (Fsp3) is 0.765. The Morgan fingerprint density at radius 2 is 2.22 bits per heavy atom. The van der Waals surface area contributed by atoms with Crippen molar-refractivity contribution in [3.63, 3.8) is 0 Å². The minimum absolute atomic E-state index is 0.109. The molecular weight excluding hydrogens is 292 g/mol. The first-order valence-electron chi connectivity index (χ1n) is 8.64. The van der Waals surface area contributed by atoms with Gasteiger partial charge < -0.3 is 19.9 Å². The normalized spacial score (nSPS) is 21.4. The highest BCUT2D eigenvalue weighted by Crippen LogP contribution is 2.24. The molecule has 1 aromatic heterocycles. The second kappa shape index (κ2) is 8.34. The number of nitrogens with zero attached hydrogens (tertiary/aromatic N) is 3. The molecule has 1 saturated carbocycles. The van der Waals surface area contributed by atoms with E-state index in [-0.39, 0.29) is 18.1 Å². The largest absolute Gasteiger partial charge is 0.393 e. The fourth-order valence-electron chi connectivity index (χ4n) is 3.19. The van der Waals surface area contributed by atoms with Crippen LogP contribution in [0, 0.1) is 11.8 Å². The number of nitrogens with one attached hydrogen (secondary N) is 1. The van der Waals surface area contributed by atoms with Gasteiger partial charge in [0.25, 0.3) is 0 Å². The van der Waals surface area contributed by atoms with Gasteiger partial charge in [-0.2, -0.15) is 0 Å². The van der Waals surface area contributed by atoms with Gasteiger partial charge in [0, 0.05) is 38.4 Å². The Morgan fingerprint density at radius 3 is 2.91 bits per heavy atom. The minimum atomic E-state index is -0.274. The number of imidazole rings is 1. The third kappa shape index (κ3) is 5.23. The van der Waals surface area contributed by atoms with Crippen molar-refractivity contribution in [1.29, 1.82) is 0 Å². The molecule has 2 amide bonds. The lowest BCUT2D eigenvalue weighted by molar-refractivity contribution is 0.0564. The van der Waals surface area contributed by atoms with E-state index in [2.05, 4.69) is 28.7 Å². The SMILES string of the molecule is CC(C)Cn1ccnc1CNC(=O)N(C)C[C@@H]1CCCC[C@H]1O. The molecular formula is C17H30N4O2. The second-order valence-corrected chi connectivity index (χ2v) is 7.04. The summed E-state index contributed by atoms with van der Waals surface area (Å²) in [5, 5.41) is 13.0. The lowest BCUT2D eigenvalue weighted by atomic mass is 9.86. The highest BCUT2D eigenvalue weighted by Gasteiger charge is 2.25. The molecule has 23 heavy (non-hydrogen) atoms. The molecule has 6 nitrogen and oxygen atoms in total. The molecule has 6 heteroatoms. The zero-order valence-electron chi connectivity index (χ0n) is 14.5. The van der Waals surface area contributed by atoms with Crippen molar-refractivity contribution in [3.8, 4) is 0 Å². The Labute approximate surface area is 138 Å². The van der Waals surface area contributed by atoms with Gasteiger partial charge in [0.1, 0.15) is 5.82 Å². The molecule has 0 bridgehead atoms. The van der Waals surface area contributed by atoms with Gasteiger partial charge in [0.2, 0.25) is 0 Å². The van der Waals surface area contributed by atoms with Crippen molar-refractivity contribution in [3.05, 3.63) is 18.2 Å². The monoisotopic (exact) mass is 322 g/mol. The van der Waals surface area contributed by atoms with E-state index in [0.29, 0.717) is 19.0 Å². The lowest BCUT2D eigenvalue weighted by Gasteiger charge is -2.31. The average Bonchev–Trinajstić information content (AvgIpc) is 2.93. The zero-order valence-corrected chi connectivity index (χ0v) is 14.5. The second-order valence-electron chi connectivity index (χ2n) is 7.04. The van der Waals surface area contributed by atoms with Gasteiger partial charge in [0.15, 0.2) is 0 Å². The van der Waals surface area contributed by atoms with Gasteiger partial charge in [-0.15, -0.1) is 0 Å². The predicted octanol–water partition coefficient (Wildman–Crippen LogP) is 2.23. The first-order chi connectivity index (χ1) is 11.0. The number of carbonyl (C=O) groups excluding carboxylic acids is 1. The Morgan fingerprint density at radius 1 is 1.48 bits per heavy atom. The van der Waals surface area contributed by atoms with Crippen LogP contribution in [-0.2, 0) is 13.1 Å². The van der Waals surface area contributed by atoms with E-state index in [4.69, 9.17) is 0 Å². The van der Waals surface area contributed by atoms with E-state index in [1.54, 1.807) is 18.1 Å². The van der Waals surface area contributed by atoms with Gasteiger partial charge in [0.05, 0.1) is 12.6 Å². The van der Waals surface area contributed by atoms with Crippen LogP contribution in [0.4, 0.5) is 4.79 Å². The standard InChI is InChI=1S/C17H30N4O2/c1-13(2)11-21-9-8-18-16(21)10-19-17(23)20(3)12-14-6-4-5-7-15(14)22/h8-9,13-15,22H,4-7,10-12H2,1-3H3,(H,19,23)/t14-,15+/m0/s1. The quantitative estimate of drug-likeness (QED) is 0.844. The number of rotatable bonds is 6. The van der Waals surface area contributed by atoms with Crippen LogP contribution >= 0.6 is 0 Å². The number of aliphatic hydroxyl groups is 1. The summed E-state index contributed by atoms with van der Waals surface area (Å²) in [7, 11) is 1.79. The van der Waals surface area contributed by atoms with Gasteiger partial charge in [-0.3, -0.25) is 0 Å². The van der Waals surface area contributed by atoms with Crippen LogP contribution in [0.15, 0.2) is 12.4 Å². The summed E-state index contributed by atoms with van der Waals surface area (Å²) < 4.78 is 2.08. The number of carbonyl (C=O) groups is 1. The number of hydrogen-bond donors (Lipinski definition) is 2. The van der Waals surface area contributed by atoms with E-state index < -0.39 is 0 Å². The van der Waals surface area contributed by atoms with Crippen molar-refractivity contribution in [2.24, 2.45) is 11.8 Å². The van der Waals surface area contributed by atoms with Crippen LogP contribution in [-0.4, -0.2) is 45.3 Å². The summed E-state index contributed by atoms with van der Waals surface area (Å²) in [5.41, 5.74) is 0. The first kappa shape index (κ1) is 17.8. The molecule has 0 spiro atoms. The summed E-state index contributed by atoms with van der Waals surface area (Å²) in [6.45, 7) is 6.25. The Kier molecular flexibility index (Phi) is 6.45. The van der Waals surface area contributed by atoms with Gasteiger partial charge in [-0.25, -0.2) is 9.78 Å². The number of hydrogen-bond acceptors (Lipinski definition) is 3. The highest BCUT2D eigenvalue weighted by atomic mass is 16.3. The van der Waals surface area contributed by atoms with Crippen LogP contribution < -0.4 is 5.32 Å². The van der Waals surface area contributed by atoms with E-state index in [9.17, 15) is 9.90 Å². The third-order valence-corrected chi connectivity index (χ3v) is 4.49. The molecule has 1 aliphatic carbocycles. The molecule has 0 radical (unpaired) electrons. The summed E-state index contributed by atoms with van der Waals surface area (Å²) >= 11 is 0. The number of aliphatic hydroxyl groups excluding tert-OH is 1. The number of amides is 2. The Bertz CT molecular complexity index is 501. The molecule has 0 saturated heterocycles. The van der Waals surface area contributed by atoms with E-state index >= 15 is 0 Å². The van der Waals surface area contributed by atoms with Crippen LogP contribution in [0.5, 0.6) is 0 Å². The summed E-state index contributed by atoms with van der Waals surface area (Å²) in [6, 6.07) is -0.109. The number of aromatic nitrogens is 2.